The number of rotatable bonds is 43. The van der Waals surface area contributed by atoms with E-state index in [1.54, 1.807) is 7.11 Å². The van der Waals surface area contributed by atoms with Gasteiger partial charge in [-0.25, -0.2) is 0 Å². The summed E-state index contributed by atoms with van der Waals surface area (Å²) < 4.78 is 54.4. The lowest BCUT2D eigenvalue weighted by molar-refractivity contribution is -0.301. The van der Waals surface area contributed by atoms with Crippen LogP contribution in [0.5, 0.6) is 11.5 Å². The smallest absolute Gasteiger partial charge is 0.186 e. The number of aliphatic hydroxyl groups is 8. The van der Waals surface area contributed by atoms with Gasteiger partial charge in [-0.3, -0.25) is 0 Å². The lowest BCUT2D eigenvalue weighted by Crippen LogP contribution is -2.59. The van der Waals surface area contributed by atoms with Gasteiger partial charge in [0.2, 0.25) is 0 Å². The van der Waals surface area contributed by atoms with Gasteiger partial charge in [0.25, 0.3) is 0 Å². The van der Waals surface area contributed by atoms with Gasteiger partial charge >= 0.3 is 0 Å². The monoisotopic (exact) mass is 1070 g/mol. The van der Waals surface area contributed by atoms with Gasteiger partial charge in [0.1, 0.15) is 66.9 Å². The van der Waals surface area contributed by atoms with Crippen molar-refractivity contribution < 1.29 is 88.2 Å². The molecule has 2 aliphatic heterocycles. The second kappa shape index (κ2) is 43.3. The molecule has 18 nitrogen and oxygen atoms in total. The van der Waals surface area contributed by atoms with E-state index in [2.05, 4.69) is 19.1 Å². The first-order chi connectivity index (χ1) is 36.6. The van der Waals surface area contributed by atoms with E-state index in [0.717, 1.165) is 68.6 Å². The van der Waals surface area contributed by atoms with Crippen molar-refractivity contribution in [1.29, 1.82) is 0 Å². The Bertz CT molecular complexity index is 1590. The highest BCUT2D eigenvalue weighted by Gasteiger charge is 2.45. The fourth-order valence-electron chi connectivity index (χ4n) is 8.57. The lowest BCUT2D eigenvalue weighted by atomic mass is 9.99. The van der Waals surface area contributed by atoms with Crippen molar-refractivity contribution in [1.82, 2.24) is 0 Å². The van der Waals surface area contributed by atoms with Gasteiger partial charge in [-0.1, -0.05) is 115 Å². The molecule has 75 heavy (non-hydrogen) atoms. The maximum absolute atomic E-state index is 10.0. The first-order valence-corrected chi connectivity index (χ1v) is 28.1. The van der Waals surface area contributed by atoms with Crippen LogP contribution in [0.3, 0.4) is 0 Å². The molecule has 18 heteroatoms. The highest BCUT2D eigenvalue weighted by Crippen LogP contribution is 2.24. The molecule has 434 valence electrons. The summed E-state index contributed by atoms with van der Waals surface area (Å²) in [7, 11) is 1.64. The Balaban J connectivity index is 0.000000397. The molecule has 0 unspecified atom stereocenters. The number of unbranched alkanes of at least 4 members (excludes halogenated alkanes) is 15. The number of benzene rings is 2. The molecule has 2 aliphatic rings. The van der Waals surface area contributed by atoms with Crippen LogP contribution < -0.4 is 9.47 Å². The summed E-state index contributed by atoms with van der Waals surface area (Å²) in [5.41, 5.74) is 2.39. The summed E-state index contributed by atoms with van der Waals surface area (Å²) in [4.78, 5) is 0. The lowest BCUT2D eigenvalue weighted by Gasteiger charge is -2.39. The molecule has 2 fully saturated rings. The van der Waals surface area contributed by atoms with Crippen molar-refractivity contribution in [3.63, 3.8) is 0 Å². The first-order valence-electron chi connectivity index (χ1n) is 28.1. The highest BCUT2D eigenvalue weighted by atomic mass is 16.7. The molecule has 10 atom stereocenters. The third kappa shape index (κ3) is 29.3. The predicted octanol–water partition coefficient (Wildman–Crippen LogP) is 5.59. The minimum Gasteiger partial charge on any atom is -0.494 e. The Hall–Kier alpha value is -2.60. The Kier molecular flexibility index (Phi) is 38.5. The van der Waals surface area contributed by atoms with E-state index in [4.69, 9.17) is 47.4 Å². The van der Waals surface area contributed by atoms with E-state index in [9.17, 15) is 40.9 Å². The Morgan fingerprint density at radius 1 is 0.373 bits per heavy atom. The minimum atomic E-state index is -1.43. The van der Waals surface area contributed by atoms with Crippen LogP contribution in [-0.4, -0.2) is 195 Å². The summed E-state index contributed by atoms with van der Waals surface area (Å²) in [6, 6.07) is 16.1. The van der Waals surface area contributed by atoms with Crippen molar-refractivity contribution in [2.75, 3.05) is 93.0 Å². The molecule has 0 bridgehead atoms. The zero-order chi connectivity index (χ0) is 54.1. The van der Waals surface area contributed by atoms with Crippen LogP contribution in [0.25, 0.3) is 0 Å². The summed E-state index contributed by atoms with van der Waals surface area (Å²) in [5, 5.41) is 77.7. The second-order valence-corrected chi connectivity index (χ2v) is 19.5. The van der Waals surface area contributed by atoms with Gasteiger partial charge in [0.15, 0.2) is 12.6 Å². The van der Waals surface area contributed by atoms with E-state index in [1.807, 2.05) is 36.4 Å². The standard InChI is InChI=1S/C32H56O7.C25H42O11/c1-2-3-4-5-6-7-8-9-10-11-12-13-14-16-23-37-27-21-19-26(20-22-27)18-15-17-24-38-32-31(36)30(35)29(34)28(25-33)39-32;1-30-10-11-31-12-13-32-14-15-33-16-17-34-20-7-5-19(6-8-20)4-2-3-9-35-25-24(29)23(28)22(27)21(18-26)36-25/h19-22,28-36H,2-18,23-25H2,1H3;5-8,21-29H,2-4,9-18H2,1H3/t28-,29-,30+,31-,32-;21-,22-,23+,24-,25-/m11/s1. The summed E-state index contributed by atoms with van der Waals surface area (Å²) in [6.45, 7) is 6.94. The number of aliphatic hydroxyl groups excluding tert-OH is 8. The van der Waals surface area contributed by atoms with E-state index in [1.165, 1.54) is 89.0 Å². The van der Waals surface area contributed by atoms with Crippen LogP contribution in [-0.2, 0) is 50.7 Å². The van der Waals surface area contributed by atoms with Crippen LogP contribution in [0.1, 0.15) is 134 Å². The molecule has 0 spiro atoms. The van der Waals surface area contributed by atoms with Crippen LogP contribution in [0.4, 0.5) is 0 Å². The first kappa shape index (κ1) is 66.7. The second-order valence-electron chi connectivity index (χ2n) is 19.5. The molecule has 0 amide bonds. The summed E-state index contributed by atoms with van der Waals surface area (Å²) in [6.07, 6.45) is 11.6. The van der Waals surface area contributed by atoms with Crippen LogP contribution in [0.15, 0.2) is 48.5 Å². The molecule has 0 aromatic heterocycles. The molecule has 2 heterocycles. The van der Waals surface area contributed by atoms with Gasteiger partial charge in [0.05, 0.1) is 66.1 Å². The largest absolute Gasteiger partial charge is 0.494 e. The molecule has 2 aromatic carbocycles. The maximum atomic E-state index is 10.0. The van der Waals surface area contributed by atoms with E-state index < -0.39 is 74.6 Å². The third-order valence-corrected chi connectivity index (χ3v) is 13.3. The fraction of sp³-hybridized carbons (Fsp3) is 0.789. The molecule has 0 aliphatic carbocycles. The van der Waals surface area contributed by atoms with Crippen molar-refractivity contribution in [3.8, 4) is 11.5 Å². The van der Waals surface area contributed by atoms with Gasteiger partial charge in [0, 0.05) is 20.3 Å². The number of methoxy groups -OCH3 is 1. The van der Waals surface area contributed by atoms with E-state index in [-0.39, 0.29) is 0 Å². The fourth-order valence-corrected chi connectivity index (χ4v) is 8.57. The average molecular weight is 1070 g/mol. The number of aryl methyl sites for hydroxylation is 2. The number of ether oxygens (including phenoxy) is 10. The SMILES string of the molecule is CCCCCCCCCCCCCCCCOc1ccc(CCCCO[C@@H]2O[C@H](CO)[C@@H](O)[C@H](O)[C@H]2O)cc1.COCCOCCOCCOCCOc1ccc(CCCCO[C@@H]2O[C@H](CO)[C@@H](O)[C@H](O)[C@H]2O)cc1. The molecule has 8 N–H and O–H groups in total. The Morgan fingerprint density at radius 2 is 0.720 bits per heavy atom. The van der Waals surface area contributed by atoms with Crippen LogP contribution in [0.2, 0.25) is 0 Å². The molecule has 2 saturated heterocycles. The molecule has 2 aromatic rings. The van der Waals surface area contributed by atoms with E-state index in [0.29, 0.717) is 66.1 Å². The van der Waals surface area contributed by atoms with Crippen LogP contribution in [0, 0.1) is 0 Å². The molecule has 4 rings (SSSR count). The van der Waals surface area contributed by atoms with E-state index >= 15 is 0 Å². The number of hydrogen-bond donors (Lipinski definition) is 8. The molecule has 0 radical (unpaired) electrons. The zero-order valence-electron chi connectivity index (χ0n) is 45.4. The van der Waals surface area contributed by atoms with Gasteiger partial charge < -0.3 is 88.2 Å². The zero-order valence-corrected chi connectivity index (χ0v) is 45.4. The summed E-state index contributed by atoms with van der Waals surface area (Å²) >= 11 is 0. The van der Waals surface area contributed by atoms with Gasteiger partial charge in [-0.2, -0.15) is 0 Å². The minimum absolute atomic E-state index is 0.317. The number of hydrogen-bond acceptors (Lipinski definition) is 18. The Morgan fingerprint density at radius 3 is 1.11 bits per heavy atom. The van der Waals surface area contributed by atoms with Crippen LogP contribution >= 0.6 is 0 Å². The maximum Gasteiger partial charge on any atom is 0.186 e. The quantitative estimate of drug-likeness (QED) is 0.0377. The van der Waals surface area contributed by atoms with Crippen molar-refractivity contribution in [3.05, 3.63) is 59.7 Å². The Labute approximate surface area is 447 Å². The summed E-state index contributed by atoms with van der Waals surface area (Å²) in [5.74, 6) is 1.69. The van der Waals surface area contributed by atoms with Gasteiger partial charge in [-0.05, 0) is 80.3 Å². The molecular formula is C57H98O18. The molecule has 0 saturated carbocycles. The van der Waals surface area contributed by atoms with Crippen molar-refractivity contribution in [2.45, 2.75) is 197 Å². The van der Waals surface area contributed by atoms with Crippen molar-refractivity contribution in [2.24, 2.45) is 0 Å². The predicted molar refractivity (Wildman–Crippen MR) is 284 cm³/mol. The third-order valence-electron chi connectivity index (χ3n) is 13.3. The molecular weight excluding hydrogens is 973 g/mol. The van der Waals surface area contributed by atoms with Crippen molar-refractivity contribution >= 4 is 0 Å². The van der Waals surface area contributed by atoms with Gasteiger partial charge in [-0.15, -0.1) is 0 Å². The normalized spacial score (nSPS) is 23.7. The highest BCUT2D eigenvalue weighted by molar-refractivity contribution is 5.28. The topological polar surface area (TPSA) is 254 Å². The average Bonchev–Trinajstić information content (AvgIpc) is 3.42.